The van der Waals surface area contributed by atoms with E-state index in [-0.39, 0.29) is 0 Å². The van der Waals surface area contributed by atoms with Crippen LogP contribution in [0.4, 0.5) is 0 Å². The zero-order chi connectivity index (χ0) is 37.0. The van der Waals surface area contributed by atoms with E-state index in [0.717, 1.165) is 60.9 Å². The number of rotatable bonds is 6. The molecule has 56 heavy (non-hydrogen) atoms. The Bertz CT molecular complexity index is 3230. The van der Waals surface area contributed by atoms with Gasteiger partial charge in [0.05, 0.1) is 0 Å². The molecule has 0 amide bonds. The van der Waals surface area contributed by atoms with Crippen LogP contribution in [0, 0.1) is 0 Å². The Balaban J connectivity index is 1.09. The highest BCUT2D eigenvalue weighted by molar-refractivity contribution is 7.25. The van der Waals surface area contributed by atoms with Crippen molar-refractivity contribution in [2.45, 2.75) is 0 Å². The summed E-state index contributed by atoms with van der Waals surface area (Å²) in [4.78, 5) is 15.5. The molecule has 3 heterocycles. The van der Waals surface area contributed by atoms with Crippen LogP contribution >= 0.6 is 11.3 Å². The topological polar surface area (TPSA) is 51.8 Å². The summed E-state index contributed by atoms with van der Waals surface area (Å²) in [6, 6.07) is 65.7. The van der Waals surface area contributed by atoms with Gasteiger partial charge >= 0.3 is 0 Å². The molecule has 3 aromatic heterocycles. The third-order valence-corrected chi connectivity index (χ3v) is 11.7. The molecule has 0 fully saturated rings. The first-order valence-corrected chi connectivity index (χ1v) is 19.5. The summed E-state index contributed by atoms with van der Waals surface area (Å²) >= 11 is 1.82. The second-order valence-electron chi connectivity index (χ2n) is 14.0. The van der Waals surface area contributed by atoms with Gasteiger partial charge in [0.1, 0.15) is 11.2 Å². The van der Waals surface area contributed by atoms with Crippen LogP contribution in [0.5, 0.6) is 0 Å². The highest BCUT2D eigenvalue weighted by Gasteiger charge is 2.20. The van der Waals surface area contributed by atoms with E-state index in [1.54, 1.807) is 0 Å². The summed E-state index contributed by atoms with van der Waals surface area (Å²) in [5.74, 6) is 1.82. The lowest BCUT2D eigenvalue weighted by Crippen LogP contribution is -2.00. The molecule has 262 valence electrons. The third kappa shape index (κ3) is 5.65. The lowest BCUT2D eigenvalue weighted by atomic mass is 9.97. The van der Waals surface area contributed by atoms with E-state index < -0.39 is 0 Å². The normalized spacial score (nSPS) is 11.6. The van der Waals surface area contributed by atoms with Gasteiger partial charge in [-0.2, -0.15) is 0 Å². The fourth-order valence-electron chi connectivity index (χ4n) is 7.75. The summed E-state index contributed by atoms with van der Waals surface area (Å²) in [6.07, 6.45) is 0. The fourth-order valence-corrected chi connectivity index (χ4v) is 8.87. The minimum Gasteiger partial charge on any atom is -0.456 e. The smallest absolute Gasteiger partial charge is 0.164 e. The van der Waals surface area contributed by atoms with Gasteiger partial charge in [0.2, 0.25) is 0 Å². The Morgan fingerprint density at radius 3 is 1.59 bits per heavy atom. The first-order valence-electron chi connectivity index (χ1n) is 18.7. The van der Waals surface area contributed by atoms with Crippen LogP contribution in [0.3, 0.4) is 0 Å². The van der Waals surface area contributed by atoms with Crippen LogP contribution in [0.1, 0.15) is 0 Å². The lowest BCUT2D eigenvalue weighted by molar-refractivity contribution is 0.669. The second-order valence-corrected chi connectivity index (χ2v) is 15.1. The predicted molar refractivity (Wildman–Crippen MR) is 233 cm³/mol. The van der Waals surface area contributed by atoms with Crippen molar-refractivity contribution in [1.29, 1.82) is 0 Å². The summed E-state index contributed by atoms with van der Waals surface area (Å²) in [7, 11) is 0. The van der Waals surface area contributed by atoms with Gasteiger partial charge in [-0.05, 0) is 69.8 Å². The summed E-state index contributed by atoms with van der Waals surface area (Å²) in [5, 5.41) is 4.53. The number of hydrogen-bond acceptors (Lipinski definition) is 5. The summed E-state index contributed by atoms with van der Waals surface area (Å²) in [5.41, 5.74) is 11.2. The largest absolute Gasteiger partial charge is 0.456 e. The number of para-hydroxylation sites is 1. The third-order valence-electron chi connectivity index (χ3n) is 10.5. The molecule has 11 aromatic rings. The van der Waals surface area contributed by atoms with Crippen molar-refractivity contribution in [2.75, 3.05) is 0 Å². The minimum absolute atomic E-state index is 0.593. The lowest BCUT2D eigenvalue weighted by Gasteiger charge is -2.11. The van der Waals surface area contributed by atoms with Crippen LogP contribution in [0.15, 0.2) is 192 Å². The molecule has 0 unspecified atom stereocenters. The highest BCUT2D eigenvalue weighted by atomic mass is 32.1. The Morgan fingerprint density at radius 2 is 0.857 bits per heavy atom. The van der Waals surface area contributed by atoms with Gasteiger partial charge < -0.3 is 4.42 Å². The average molecular weight is 734 g/mol. The predicted octanol–water partition coefficient (Wildman–Crippen LogP) is 14.1. The maximum absolute atomic E-state index is 6.58. The summed E-state index contributed by atoms with van der Waals surface area (Å²) in [6.45, 7) is 0. The van der Waals surface area contributed by atoms with Crippen molar-refractivity contribution in [3.05, 3.63) is 188 Å². The molecule has 11 rings (SSSR count). The molecule has 0 saturated carbocycles. The molecule has 0 spiro atoms. The number of benzene rings is 8. The quantitative estimate of drug-likeness (QED) is 0.171. The monoisotopic (exact) mass is 733 g/mol. The van der Waals surface area contributed by atoms with Gasteiger partial charge in [-0.1, -0.05) is 152 Å². The van der Waals surface area contributed by atoms with Gasteiger partial charge in [0.15, 0.2) is 17.5 Å². The number of furan rings is 1. The van der Waals surface area contributed by atoms with E-state index in [0.29, 0.717) is 17.5 Å². The van der Waals surface area contributed by atoms with E-state index in [2.05, 4.69) is 140 Å². The maximum Gasteiger partial charge on any atom is 0.164 e. The first-order chi connectivity index (χ1) is 27.7. The van der Waals surface area contributed by atoms with E-state index >= 15 is 0 Å². The molecule has 0 saturated heterocycles. The van der Waals surface area contributed by atoms with Gasteiger partial charge in [-0.3, -0.25) is 0 Å². The van der Waals surface area contributed by atoms with Gasteiger partial charge in [0.25, 0.3) is 0 Å². The Hall–Kier alpha value is -7.21. The fraction of sp³-hybridized carbons (Fsp3) is 0. The van der Waals surface area contributed by atoms with E-state index in [4.69, 9.17) is 19.4 Å². The number of aromatic nitrogens is 3. The van der Waals surface area contributed by atoms with Crippen LogP contribution in [0.25, 0.3) is 110 Å². The van der Waals surface area contributed by atoms with Gasteiger partial charge in [0, 0.05) is 47.6 Å². The van der Waals surface area contributed by atoms with Crippen LogP contribution in [-0.4, -0.2) is 15.0 Å². The van der Waals surface area contributed by atoms with Crippen LogP contribution in [-0.2, 0) is 0 Å². The average Bonchev–Trinajstić information content (AvgIpc) is 3.84. The molecule has 0 bridgehead atoms. The Morgan fingerprint density at radius 1 is 0.321 bits per heavy atom. The number of fused-ring (bicyclic) bond motifs is 6. The molecule has 0 aliphatic rings. The Labute approximate surface area is 327 Å². The van der Waals surface area contributed by atoms with E-state index in [1.165, 1.54) is 31.3 Å². The zero-order valence-electron chi connectivity index (χ0n) is 30.1. The number of nitrogens with zero attached hydrogens (tertiary/aromatic N) is 3. The van der Waals surface area contributed by atoms with Crippen molar-refractivity contribution in [1.82, 2.24) is 15.0 Å². The van der Waals surface area contributed by atoms with Crippen molar-refractivity contribution in [2.24, 2.45) is 0 Å². The molecular formula is C51H31N3OS. The first kappa shape index (κ1) is 32.2. The molecule has 0 radical (unpaired) electrons. The maximum atomic E-state index is 6.58. The Kier molecular flexibility index (Phi) is 7.64. The van der Waals surface area contributed by atoms with Crippen LogP contribution < -0.4 is 0 Å². The highest BCUT2D eigenvalue weighted by Crippen LogP contribution is 2.42. The second kappa shape index (κ2) is 13.3. The molecule has 5 heteroatoms. The van der Waals surface area contributed by atoms with Crippen molar-refractivity contribution in [3.8, 4) is 67.5 Å². The van der Waals surface area contributed by atoms with E-state index in [1.807, 2.05) is 59.9 Å². The molecule has 8 aromatic carbocycles. The molecule has 4 nitrogen and oxygen atoms in total. The molecule has 0 aliphatic heterocycles. The van der Waals surface area contributed by atoms with Crippen LogP contribution in [0.2, 0.25) is 0 Å². The number of hydrogen-bond donors (Lipinski definition) is 0. The standard InChI is InChI=1S/C51H31N3OS/c1-4-12-32(13-5-1)34-20-22-36(23-21-34)50-52-49(35-16-8-3-9-17-35)53-51(54-50)43-29-39(30-45-48(43)41-18-10-11-19-44(41)55-45)38-24-26-40-42-28-37(33-14-6-2-7-15-33)25-27-46(42)56-47(40)31-38/h1-31H. The molecule has 0 atom stereocenters. The van der Waals surface area contributed by atoms with Crippen molar-refractivity contribution in [3.63, 3.8) is 0 Å². The zero-order valence-corrected chi connectivity index (χ0v) is 30.9. The molecule has 0 N–H and O–H groups in total. The summed E-state index contributed by atoms with van der Waals surface area (Å²) < 4.78 is 9.09. The van der Waals surface area contributed by atoms with Crippen molar-refractivity contribution < 1.29 is 4.42 Å². The molecular weight excluding hydrogens is 703 g/mol. The SMILES string of the molecule is c1ccc(-c2ccc(-c3nc(-c4ccccc4)nc(-c4cc(-c5ccc6c(c5)sc5ccc(-c7ccccc7)cc56)cc5oc6ccccc6c45)n3)cc2)cc1. The van der Waals surface area contributed by atoms with Gasteiger partial charge in [-0.15, -0.1) is 11.3 Å². The van der Waals surface area contributed by atoms with E-state index in [9.17, 15) is 0 Å². The number of thiophene rings is 1. The van der Waals surface area contributed by atoms with Crippen molar-refractivity contribution >= 4 is 53.4 Å². The minimum atomic E-state index is 0.593. The van der Waals surface area contributed by atoms with Gasteiger partial charge in [-0.25, -0.2) is 15.0 Å². The molecule has 0 aliphatic carbocycles.